The summed E-state index contributed by atoms with van der Waals surface area (Å²) in [7, 11) is 0. The average molecular weight is 233 g/mol. The van der Waals surface area contributed by atoms with Crippen molar-refractivity contribution in [2.75, 3.05) is 0 Å². The molecule has 0 aliphatic heterocycles. The first kappa shape index (κ1) is 11.2. The largest absolute Gasteiger partial charge is 0.508 e. The molecule has 84 valence electrons. The molecule has 2 aromatic rings. The summed E-state index contributed by atoms with van der Waals surface area (Å²) in [4.78, 5) is 0. The Bertz CT molecular complexity index is 422. The van der Waals surface area contributed by atoms with Gasteiger partial charge in [0.1, 0.15) is 5.75 Å². The molecule has 0 radical (unpaired) electrons. The molecule has 0 amide bonds. The summed E-state index contributed by atoms with van der Waals surface area (Å²) in [5.41, 5.74) is 2.50. The standard InChI is InChI=1S/C13H15NOS/c1-10(12-2-4-13(15)5-3-12)14-8-11-6-7-16-9-11/h2-7,9-10,14-15H,8H2,1H3. The maximum atomic E-state index is 9.20. The maximum Gasteiger partial charge on any atom is 0.115 e. The van der Waals surface area contributed by atoms with E-state index in [0.717, 1.165) is 6.54 Å². The van der Waals surface area contributed by atoms with Crippen molar-refractivity contribution in [1.82, 2.24) is 5.32 Å². The van der Waals surface area contributed by atoms with E-state index in [1.54, 1.807) is 23.5 Å². The molecule has 0 saturated carbocycles. The van der Waals surface area contributed by atoms with Crippen LogP contribution in [0.3, 0.4) is 0 Å². The highest BCUT2D eigenvalue weighted by molar-refractivity contribution is 7.07. The van der Waals surface area contributed by atoms with E-state index < -0.39 is 0 Å². The molecule has 1 aromatic carbocycles. The van der Waals surface area contributed by atoms with Crippen molar-refractivity contribution in [3.05, 3.63) is 52.2 Å². The lowest BCUT2D eigenvalue weighted by Crippen LogP contribution is -2.17. The van der Waals surface area contributed by atoms with Gasteiger partial charge in [-0.15, -0.1) is 0 Å². The Hall–Kier alpha value is -1.32. The molecule has 0 aliphatic carbocycles. The molecule has 16 heavy (non-hydrogen) atoms. The van der Waals surface area contributed by atoms with Gasteiger partial charge < -0.3 is 10.4 Å². The molecule has 1 heterocycles. The Labute approximate surface area is 99.6 Å². The minimum absolute atomic E-state index is 0.292. The second-order valence-electron chi connectivity index (χ2n) is 3.83. The fourth-order valence-electron chi connectivity index (χ4n) is 1.55. The third kappa shape index (κ3) is 2.84. The molecule has 0 aliphatic rings. The molecule has 1 atom stereocenters. The van der Waals surface area contributed by atoms with E-state index in [9.17, 15) is 5.11 Å². The van der Waals surface area contributed by atoms with Crippen molar-refractivity contribution >= 4 is 11.3 Å². The first-order valence-corrected chi connectivity index (χ1v) is 6.23. The highest BCUT2D eigenvalue weighted by Gasteiger charge is 2.04. The van der Waals surface area contributed by atoms with E-state index in [2.05, 4.69) is 29.1 Å². The number of rotatable bonds is 4. The molecule has 0 spiro atoms. The maximum absolute atomic E-state index is 9.20. The van der Waals surface area contributed by atoms with Gasteiger partial charge in [0.2, 0.25) is 0 Å². The van der Waals surface area contributed by atoms with Crippen LogP contribution in [-0.4, -0.2) is 5.11 Å². The molecule has 3 heteroatoms. The van der Waals surface area contributed by atoms with Crippen molar-refractivity contribution in [3.63, 3.8) is 0 Å². The summed E-state index contributed by atoms with van der Waals surface area (Å²) in [5.74, 6) is 0.314. The Kier molecular flexibility index (Phi) is 3.59. The molecule has 0 saturated heterocycles. The normalized spacial score (nSPS) is 12.6. The number of nitrogens with one attached hydrogen (secondary N) is 1. The van der Waals surface area contributed by atoms with Crippen LogP contribution in [0, 0.1) is 0 Å². The van der Waals surface area contributed by atoms with Crippen LogP contribution in [0.2, 0.25) is 0 Å². The molecule has 0 fully saturated rings. The van der Waals surface area contributed by atoms with E-state index in [1.807, 2.05) is 12.1 Å². The smallest absolute Gasteiger partial charge is 0.115 e. The summed E-state index contributed by atoms with van der Waals surface area (Å²) in [6, 6.07) is 9.75. The third-order valence-electron chi connectivity index (χ3n) is 2.59. The Morgan fingerprint density at radius 1 is 1.25 bits per heavy atom. The summed E-state index contributed by atoms with van der Waals surface area (Å²) in [6.07, 6.45) is 0. The number of phenolic OH excluding ortho intramolecular Hbond substituents is 1. The van der Waals surface area contributed by atoms with Gasteiger partial charge in [-0.3, -0.25) is 0 Å². The first-order valence-electron chi connectivity index (χ1n) is 5.29. The molecular weight excluding hydrogens is 218 g/mol. The van der Waals surface area contributed by atoms with E-state index in [1.165, 1.54) is 11.1 Å². The van der Waals surface area contributed by atoms with Crippen molar-refractivity contribution < 1.29 is 5.11 Å². The summed E-state index contributed by atoms with van der Waals surface area (Å²) in [6.45, 7) is 3.00. The Balaban J connectivity index is 1.93. The first-order chi connectivity index (χ1) is 7.75. The van der Waals surface area contributed by atoms with E-state index in [4.69, 9.17) is 0 Å². The van der Waals surface area contributed by atoms with Crippen LogP contribution >= 0.6 is 11.3 Å². The molecular formula is C13H15NOS. The summed E-state index contributed by atoms with van der Waals surface area (Å²) >= 11 is 1.72. The second-order valence-corrected chi connectivity index (χ2v) is 4.61. The lowest BCUT2D eigenvalue weighted by atomic mass is 10.1. The zero-order valence-electron chi connectivity index (χ0n) is 9.18. The fourth-order valence-corrected chi connectivity index (χ4v) is 2.21. The van der Waals surface area contributed by atoms with Gasteiger partial charge in [-0.05, 0) is 47.0 Å². The van der Waals surface area contributed by atoms with Crippen LogP contribution in [0.5, 0.6) is 5.75 Å². The second kappa shape index (κ2) is 5.14. The molecule has 2 rings (SSSR count). The van der Waals surface area contributed by atoms with E-state index in [-0.39, 0.29) is 0 Å². The highest BCUT2D eigenvalue weighted by Crippen LogP contribution is 2.17. The van der Waals surface area contributed by atoms with Gasteiger partial charge in [-0.1, -0.05) is 12.1 Å². The predicted molar refractivity (Wildman–Crippen MR) is 67.7 cm³/mol. The zero-order chi connectivity index (χ0) is 11.4. The van der Waals surface area contributed by atoms with Crippen molar-refractivity contribution in [2.24, 2.45) is 0 Å². The predicted octanol–water partition coefficient (Wildman–Crippen LogP) is 3.30. The van der Waals surface area contributed by atoms with Gasteiger partial charge in [-0.25, -0.2) is 0 Å². The number of thiophene rings is 1. The van der Waals surface area contributed by atoms with Gasteiger partial charge >= 0.3 is 0 Å². The van der Waals surface area contributed by atoms with Crippen molar-refractivity contribution in [1.29, 1.82) is 0 Å². The van der Waals surface area contributed by atoms with Gasteiger partial charge in [0.05, 0.1) is 0 Å². The number of phenols is 1. The van der Waals surface area contributed by atoms with Crippen LogP contribution < -0.4 is 5.32 Å². The number of benzene rings is 1. The van der Waals surface area contributed by atoms with Crippen LogP contribution in [0.15, 0.2) is 41.1 Å². The molecule has 0 bridgehead atoms. The molecule has 2 N–H and O–H groups in total. The molecule has 2 nitrogen and oxygen atoms in total. The minimum Gasteiger partial charge on any atom is -0.508 e. The quantitative estimate of drug-likeness (QED) is 0.849. The Morgan fingerprint density at radius 3 is 2.62 bits per heavy atom. The average Bonchev–Trinajstić information content (AvgIpc) is 2.80. The molecule has 1 unspecified atom stereocenters. The monoisotopic (exact) mass is 233 g/mol. The minimum atomic E-state index is 0.292. The van der Waals surface area contributed by atoms with Gasteiger partial charge in [0, 0.05) is 12.6 Å². The third-order valence-corrected chi connectivity index (χ3v) is 3.32. The molecule has 1 aromatic heterocycles. The van der Waals surface area contributed by atoms with Gasteiger partial charge in [0.25, 0.3) is 0 Å². The van der Waals surface area contributed by atoms with Crippen LogP contribution in [-0.2, 0) is 6.54 Å². The SMILES string of the molecule is CC(NCc1ccsc1)c1ccc(O)cc1. The zero-order valence-corrected chi connectivity index (χ0v) is 10.00. The van der Waals surface area contributed by atoms with Crippen LogP contribution in [0.25, 0.3) is 0 Å². The Morgan fingerprint density at radius 2 is 2.00 bits per heavy atom. The highest BCUT2D eigenvalue weighted by atomic mass is 32.1. The van der Waals surface area contributed by atoms with E-state index >= 15 is 0 Å². The fraction of sp³-hybridized carbons (Fsp3) is 0.231. The van der Waals surface area contributed by atoms with Gasteiger partial charge in [-0.2, -0.15) is 11.3 Å². The van der Waals surface area contributed by atoms with Crippen molar-refractivity contribution in [2.45, 2.75) is 19.5 Å². The van der Waals surface area contributed by atoms with Crippen molar-refractivity contribution in [3.8, 4) is 5.75 Å². The van der Waals surface area contributed by atoms with Crippen LogP contribution in [0.1, 0.15) is 24.1 Å². The topological polar surface area (TPSA) is 32.3 Å². The summed E-state index contributed by atoms with van der Waals surface area (Å²) in [5, 5.41) is 16.9. The lowest BCUT2D eigenvalue weighted by Gasteiger charge is -2.13. The number of aromatic hydroxyl groups is 1. The van der Waals surface area contributed by atoms with Crippen LogP contribution in [0.4, 0.5) is 0 Å². The number of hydrogen-bond donors (Lipinski definition) is 2. The number of hydrogen-bond acceptors (Lipinski definition) is 3. The van der Waals surface area contributed by atoms with E-state index in [0.29, 0.717) is 11.8 Å². The lowest BCUT2D eigenvalue weighted by molar-refractivity contribution is 0.474. The van der Waals surface area contributed by atoms with Gasteiger partial charge in [0.15, 0.2) is 0 Å². The summed E-state index contributed by atoms with van der Waals surface area (Å²) < 4.78 is 0.